The molecule has 1 aromatic rings. The van der Waals surface area contributed by atoms with Crippen molar-refractivity contribution in [3.05, 3.63) is 12.3 Å². The molecule has 19 heavy (non-hydrogen) atoms. The molecule has 0 aliphatic carbocycles. The molecule has 0 aromatic carbocycles. The van der Waals surface area contributed by atoms with Gasteiger partial charge in [-0.1, -0.05) is 13.3 Å². The van der Waals surface area contributed by atoms with Crippen LogP contribution in [0.15, 0.2) is 12.3 Å². The minimum Gasteiger partial charge on any atom is -0.366 e. The fourth-order valence-corrected chi connectivity index (χ4v) is 3.69. The standard InChI is InChI=1S/C12H20N4O2S/c1-2-3-6-13-12-14-7-4-11(16-12)15-10-5-8-19(17,18)9-10/h4,7,10H,2-3,5-6,8-9H2,1H3,(H2,13,14,15,16). The van der Waals surface area contributed by atoms with Crippen molar-refractivity contribution < 1.29 is 8.42 Å². The van der Waals surface area contributed by atoms with Gasteiger partial charge in [0.1, 0.15) is 5.82 Å². The second kappa shape index (κ2) is 6.18. The van der Waals surface area contributed by atoms with E-state index >= 15 is 0 Å². The Bertz CT molecular complexity index is 518. The molecular formula is C12H20N4O2S. The van der Waals surface area contributed by atoms with E-state index in [4.69, 9.17) is 0 Å². The van der Waals surface area contributed by atoms with Gasteiger partial charge in [0.05, 0.1) is 11.5 Å². The molecule has 7 heteroatoms. The Balaban J connectivity index is 1.92. The molecule has 0 bridgehead atoms. The van der Waals surface area contributed by atoms with E-state index in [1.807, 2.05) is 0 Å². The van der Waals surface area contributed by atoms with E-state index in [1.165, 1.54) is 0 Å². The molecule has 106 valence electrons. The Hall–Kier alpha value is -1.37. The number of nitrogens with zero attached hydrogens (tertiary/aromatic N) is 2. The van der Waals surface area contributed by atoms with Crippen molar-refractivity contribution in [3.8, 4) is 0 Å². The number of anilines is 2. The maximum absolute atomic E-state index is 11.4. The van der Waals surface area contributed by atoms with E-state index in [9.17, 15) is 8.42 Å². The van der Waals surface area contributed by atoms with Gasteiger partial charge in [0.15, 0.2) is 9.84 Å². The van der Waals surface area contributed by atoms with Crippen molar-refractivity contribution in [2.24, 2.45) is 0 Å². The molecule has 6 nitrogen and oxygen atoms in total. The van der Waals surface area contributed by atoms with Gasteiger partial charge in [-0.3, -0.25) is 0 Å². The van der Waals surface area contributed by atoms with Crippen LogP contribution in [0.4, 0.5) is 11.8 Å². The average Bonchev–Trinajstić information content (AvgIpc) is 2.69. The number of aromatic nitrogens is 2. The summed E-state index contributed by atoms with van der Waals surface area (Å²) in [6.45, 7) is 2.97. The first-order chi connectivity index (χ1) is 9.09. The minimum atomic E-state index is -2.86. The summed E-state index contributed by atoms with van der Waals surface area (Å²) in [5.74, 6) is 1.71. The van der Waals surface area contributed by atoms with Gasteiger partial charge in [-0.05, 0) is 18.9 Å². The van der Waals surface area contributed by atoms with E-state index in [2.05, 4.69) is 27.5 Å². The van der Waals surface area contributed by atoms with Crippen LogP contribution in [-0.2, 0) is 9.84 Å². The largest absolute Gasteiger partial charge is 0.366 e. The first-order valence-corrected chi connectivity index (χ1v) is 8.45. The Morgan fingerprint density at radius 3 is 3.00 bits per heavy atom. The number of hydrogen-bond acceptors (Lipinski definition) is 6. The summed E-state index contributed by atoms with van der Waals surface area (Å²) in [7, 11) is -2.86. The summed E-state index contributed by atoms with van der Waals surface area (Å²) in [4.78, 5) is 8.46. The lowest BCUT2D eigenvalue weighted by Crippen LogP contribution is -2.21. The van der Waals surface area contributed by atoms with Crippen molar-refractivity contribution in [2.45, 2.75) is 32.2 Å². The molecule has 2 heterocycles. The summed E-state index contributed by atoms with van der Waals surface area (Å²) in [5.41, 5.74) is 0. The second-order valence-electron chi connectivity index (χ2n) is 4.79. The van der Waals surface area contributed by atoms with E-state index < -0.39 is 9.84 Å². The lowest BCUT2D eigenvalue weighted by Gasteiger charge is -2.12. The van der Waals surface area contributed by atoms with Crippen molar-refractivity contribution in [1.82, 2.24) is 9.97 Å². The van der Waals surface area contributed by atoms with Crippen LogP contribution in [0.3, 0.4) is 0 Å². The number of rotatable bonds is 6. The van der Waals surface area contributed by atoms with Gasteiger partial charge in [-0.2, -0.15) is 4.98 Å². The Kier molecular flexibility index (Phi) is 4.57. The van der Waals surface area contributed by atoms with Crippen molar-refractivity contribution in [2.75, 3.05) is 28.7 Å². The molecule has 0 saturated carbocycles. The van der Waals surface area contributed by atoms with Gasteiger partial charge in [-0.15, -0.1) is 0 Å². The molecule has 0 spiro atoms. The fraction of sp³-hybridized carbons (Fsp3) is 0.667. The molecule has 1 atom stereocenters. The van der Waals surface area contributed by atoms with Gasteiger partial charge < -0.3 is 10.6 Å². The Labute approximate surface area is 114 Å². The lowest BCUT2D eigenvalue weighted by atomic mass is 10.2. The maximum Gasteiger partial charge on any atom is 0.224 e. The first kappa shape index (κ1) is 14.0. The van der Waals surface area contributed by atoms with Crippen LogP contribution >= 0.6 is 0 Å². The van der Waals surface area contributed by atoms with E-state index in [1.54, 1.807) is 12.3 Å². The first-order valence-electron chi connectivity index (χ1n) is 6.63. The van der Waals surface area contributed by atoms with Crippen LogP contribution in [-0.4, -0.2) is 42.5 Å². The monoisotopic (exact) mass is 284 g/mol. The third-order valence-electron chi connectivity index (χ3n) is 3.05. The molecule has 1 aliphatic rings. The number of unbranched alkanes of at least 4 members (excludes halogenated alkanes) is 1. The van der Waals surface area contributed by atoms with Crippen LogP contribution in [0, 0.1) is 0 Å². The van der Waals surface area contributed by atoms with E-state index in [0.717, 1.165) is 19.4 Å². The number of sulfone groups is 1. The van der Waals surface area contributed by atoms with Gasteiger partial charge in [0.2, 0.25) is 5.95 Å². The molecule has 1 aromatic heterocycles. The van der Waals surface area contributed by atoms with Crippen LogP contribution in [0.25, 0.3) is 0 Å². The zero-order chi connectivity index (χ0) is 13.7. The summed E-state index contributed by atoms with van der Waals surface area (Å²) < 4.78 is 22.8. The molecule has 1 unspecified atom stereocenters. The van der Waals surface area contributed by atoms with Crippen LogP contribution in [0.5, 0.6) is 0 Å². The van der Waals surface area contributed by atoms with E-state index in [0.29, 0.717) is 18.2 Å². The van der Waals surface area contributed by atoms with Gasteiger partial charge in [-0.25, -0.2) is 13.4 Å². The molecule has 1 saturated heterocycles. The summed E-state index contributed by atoms with van der Waals surface area (Å²) >= 11 is 0. The highest BCUT2D eigenvalue weighted by Gasteiger charge is 2.27. The summed E-state index contributed by atoms with van der Waals surface area (Å²) in [6, 6.07) is 1.72. The Morgan fingerprint density at radius 1 is 1.47 bits per heavy atom. The second-order valence-corrected chi connectivity index (χ2v) is 7.02. The topological polar surface area (TPSA) is 84.0 Å². The summed E-state index contributed by atoms with van der Waals surface area (Å²) in [6.07, 6.45) is 4.50. The van der Waals surface area contributed by atoms with Crippen LogP contribution in [0.2, 0.25) is 0 Å². The highest BCUT2D eigenvalue weighted by molar-refractivity contribution is 7.91. The van der Waals surface area contributed by atoms with Gasteiger partial charge in [0.25, 0.3) is 0 Å². The third kappa shape index (κ3) is 4.34. The molecule has 1 aliphatic heterocycles. The smallest absolute Gasteiger partial charge is 0.224 e. The third-order valence-corrected chi connectivity index (χ3v) is 4.82. The zero-order valence-corrected chi connectivity index (χ0v) is 11.9. The number of nitrogens with one attached hydrogen (secondary N) is 2. The van der Waals surface area contributed by atoms with Crippen molar-refractivity contribution in [3.63, 3.8) is 0 Å². The van der Waals surface area contributed by atoms with Gasteiger partial charge >= 0.3 is 0 Å². The zero-order valence-electron chi connectivity index (χ0n) is 11.1. The number of hydrogen-bond donors (Lipinski definition) is 2. The molecule has 1 fully saturated rings. The molecule has 2 N–H and O–H groups in total. The molecule has 0 amide bonds. The van der Waals surface area contributed by atoms with Crippen molar-refractivity contribution >= 4 is 21.6 Å². The normalized spacial score (nSPS) is 21.2. The van der Waals surface area contributed by atoms with Crippen molar-refractivity contribution in [1.29, 1.82) is 0 Å². The van der Waals surface area contributed by atoms with E-state index in [-0.39, 0.29) is 17.5 Å². The molecule has 0 radical (unpaired) electrons. The summed E-state index contributed by atoms with van der Waals surface area (Å²) in [5, 5.41) is 6.30. The van der Waals surface area contributed by atoms with Crippen LogP contribution < -0.4 is 10.6 Å². The average molecular weight is 284 g/mol. The highest BCUT2D eigenvalue weighted by Crippen LogP contribution is 2.16. The predicted molar refractivity (Wildman–Crippen MR) is 76.1 cm³/mol. The fourth-order valence-electron chi connectivity index (χ4n) is 2.02. The van der Waals surface area contributed by atoms with Gasteiger partial charge in [0, 0.05) is 18.8 Å². The SMILES string of the molecule is CCCCNc1nccc(NC2CCS(=O)(=O)C2)n1. The lowest BCUT2D eigenvalue weighted by molar-refractivity contribution is 0.602. The Morgan fingerprint density at radius 2 is 2.32 bits per heavy atom. The highest BCUT2D eigenvalue weighted by atomic mass is 32.2. The maximum atomic E-state index is 11.4. The van der Waals surface area contributed by atoms with Crippen LogP contribution in [0.1, 0.15) is 26.2 Å². The minimum absolute atomic E-state index is 0.0385. The quantitative estimate of drug-likeness (QED) is 0.766. The molecular weight excluding hydrogens is 264 g/mol. The predicted octanol–water partition coefficient (Wildman–Crippen LogP) is 1.29. The molecule has 2 rings (SSSR count).